The van der Waals surface area contributed by atoms with E-state index in [2.05, 4.69) is 4.90 Å². The normalized spacial score (nSPS) is 19.1. The molecule has 1 aliphatic heterocycles. The van der Waals surface area contributed by atoms with Crippen LogP contribution in [0.25, 0.3) is 0 Å². The maximum Gasteiger partial charge on any atom is 0.338 e. The van der Waals surface area contributed by atoms with E-state index in [9.17, 15) is 9.90 Å². The van der Waals surface area contributed by atoms with Gasteiger partial charge >= 0.3 is 5.97 Å². The molecule has 0 aromatic heterocycles. The smallest absolute Gasteiger partial charge is 0.338 e. The average molecular weight is 295 g/mol. The van der Waals surface area contributed by atoms with Gasteiger partial charge in [0.05, 0.1) is 17.4 Å². The Kier molecular flexibility index (Phi) is 5.31. The SMILES string of the molecule is CCOC1CCCN(c2cccc(SC)c2C(=O)O)C1. The molecule has 0 amide bonds. The van der Waals surface area contributed by atoms with Crippen LogP contribution in [0.5, 0.6) is 0 Å². The Morgan fingerprint density at radius 3 is 3.00 bits per heavy atom. The molecule has 1 N–H and O–H groups in total. The quantitative estimate of drug-likeness (QED) is 0.846. The lowest BCUT2D eigenvalue weighted by molar-refractivity contribution is 0.0524. The first-order valence-corrected chi connectivity index (χ1v) is 8.16. The molecule has 2 rings (SSSR count). The number of carbonyl (C=O) groups is 1. The van der Waals surface area contributed by atoms with Crippen molar-refractivity contribution in [3.05, 3.63) is 23.8 Å². The van der Waals surface area contributed by atoms with E-state index in [0.29, 0.717) is 12.2 Å². The van der Waals surface area contributed by atoms with Gasteiger partial charge < -0.3 is 14.7 Å². The van der Waals surface area contributed by atoms with Crippen molar-refractivity contribution in [3.8, 4) is 0 Å². The Morgan fingerprint density at radius 2 is 2.35 bits per heavy atom. The van der Waals surface area contributed by atoms with E-state index in [1.165, 1.54) is 11.8 Å². The fourth-order valence-electron chi connectivity index (χ4n) is 2.70. The molecule has 110 valence electrons. The van der Waals surface area contributed by atoms with Crippen LogP contribution in [0.4, 0.5) is 5.69 Å². The number of nitrogens with zero attached hydrogens (tertiary/aromatic N) is 1. The number of benzene rings is 1. The summed E-state index contributed by atoms with van der Waals surface area (Å²) in [5.74, 6) is -0.858. The van der Waals surface area contributed by atoms with E-state index in [4.69, 9.17) is 4.74 Å². The summed E-state index contributed by atoms with van der Waals surface area (Å²) in [5.41, 5.74) is 1.23. The highest BCUT2D eigenvalue weighted by Gasteiger charge is 2.25. The number of rotatable bonds is 5. The van der Waals surface area contributed by atoms with E-state index < -0.39 is 5.97 Å². The van der Waals surface area contributed by atoms with Crippen molar-refractivity contribution in [1.29, 1.82) is 0 Å². The second-order valence-corrected chi connectivity index (χ2v) is 5.67. The van der Waals surface area contributed by atoms with Gasteiger partial charge in [-0.15, -0.1) is 11.8 Å². The van der Waals surface area contributed by atoms with Crippen LogP contribution in [-0.4, -0.2) is 43.1 Å². The Balaban J connectivity index is 2.29. The highest BCUT2D eigenvalue weighted by molar-refractivity contribution is 7.98. The van der Waals surface area contributed by atoms with E-state index >= 15 is 0 Å². The number of hydrogen-bond donors (Lipinski definition) is 1. The summed E-state index contributed by atoms with van der Waals surface area (Å²) in [7, 11) is 0. The van der Waals surface area contributed by atoms with Gasteiger partial charge in [-0.2, -0.15) is 0 Å². The number of hydrogen-bond acceptors (Lipinski definition) is 4. The monoisotopic (exact) mass is 295 g/mol. The number of carboxylic acids is 1. The molecule has 0 aliphatic carbocycles. The first-order valence-electron chi connectivity index (χ1n) is 6.94. The number of aromatic carboxylic acids is 1. The van der Waals surface area contributed by atoms with Gasteiger partial charge in [0, 0.05) is 24.6 Å². The molecule has 1 saturated heterocycles. The van der Waals surface area contributed by atoms with Crippen LogP contribution in [0.1, 0.15) is 30.1 Å². The Bertz CT molecular complexity index is 476. The predicted molar refractivity (Wildman–Crippen MR) is 82.0 cm³/mol. The Morgan fingerprint density at radius 1 is 1.55 bits per heavy atom. The second-order valence-electron chi connectivity index (χ2n) is 4.83. The third kappa shape index (κ3) is 3.27. The van der Waals surface area contributed by atoms with Crippen LogP contribution in [0, 0.1) is 0 Å². The maximum absolute atomic E-state index is 11.6. The van der Waals surface area contributed by atoms with Crippen LogP contribution in [0.15, 0.2) is 23.1 Å². The molecule has 0 saturated carbocycles. The van der Waals surface area contributed by atoms with E-state index in [1.807, 2.05) is 31.4 Å². The molecule has 5 heteroatoms. The fraction of sp³-hybridized carbons (Fsp3) is 0.533. The number of thioether (sulfide) groups is 1. The molecule has 1 heterocycles. The topological polar surface area (TPSA) is 49.8 Å². The molecule has 0 spiro atoms. The molecule has 1 aliphatic rings. The summed E-state index contributed by atoms with van der Waals surface area (Å²) in [6.45, 7) is 4.36. The summed E-state index contributed by atoms with van der Waals surface area (Å²) in [6, 6.07) is 5.69. The molecule has 1 aromatic rings. The molecule has 1 atom stereocenters. The van der Waals surface area contributed by atoms with Crippen molar-refractivity contribution in [2.45, 2.75) is 30.8 Å². The van der Waals surface area contributed by atoms with Crippen molar-refractivity contribution < 1.29 is 14.6 Å². The standard InChI is InChI=1S/C15H21NO3S/c1-3-19-11-6-5-9-16(10-11)12-7-4-8-13(20-2)14(12)15(17)18/h4,7-8,11H,3,5-6,9-10H2,1-2H3,(H,17,18). The van der Waals surface area contributed by atoms with Crippen LogP contribution >= 0.6 is 11.8 Å². The lowest BCUT2D eigenvalue weighted by Crippen LogP contribution is -2.40. The van der Waals surface area contributed by atoms with Crippen LogP contribution in [0.2, 0.25) is 0 Å². The summed E-state index contributed by atoms with van der Waals surface area (Å²) >= 11 is 1.47. The summed E-state index contributed by atoms with van der Waals surface area (Å²) in [4.78, 5) is 14.5. The summed E-state index contributed by atoms with van der Waals surface area (Å²) in [6.07, 6.45) is 4.20. The number of carboxylic acid groups (broad SMARTS) is 1. The van der Waals surface area contributed by atoms with Gasteiger partial charge in [0.2, 0.25) is 0 Å². The number of ether oxygens (including phenoxy) is 1. The molecule has 1 unspecified atom stereocenters. The van der Waals surface area contributed by atoms with Crippen molar-refractivity contribution in [2.75, 3.05) is 30.9 Å². The predicted octanol–water partition coefficient (Wildman–Crippen LogP) is 3.11. The lowest BCUT2D eigenvalue weighted by atomic mass is 10.0. The minimum absolute atomic E-state index is 0.202. The molecule has 0 bridgehead atoms. The molecular weight excluding hydrogens is 274 g/mol. The molecule has 1 aromatic carbocycles. The highest BCUT2D eigenvalue weighted by atomic mass is 32.2. The van der Waals surface area contributed by atoms with Gasteiger partial charge in [0.25, 0.3) is 0 Å². The Hall–Kier alpha value is -1.20. The van der Waals surface area contributed by atoms with Crippen molar-refractivity contribution in [2.24, 2.45) is 0 Å². The zero-order valence-electron chi connectivity index (χ0n) is 12.0. The largest absolute Gasteiger partial charge is 0.478 e. The van der Waals surface area contributed by atoms with Crippen LogP contribution in [-0.2, 0) is 4.74 Å². The third-order valence-corrected chi connectivity index (χ3v) is 4.34. The van der Waals surface area contributed by atoms with E-state index in [0.717, 1.165) is 36.5 Å². The minimum Gasteiger partial charge on any atom is -0.478 e. The summed E-state index contributed by atoms with van der Waals surface area (Å²) < 4.78 is 5.70. The zero-order valence-corrected chi connectivity index (χ0v) is 12.8. The van der Waals surface area contributed by atoms with Crippen molar-refractivity contribution in [1.82, 2.24) is 0 Å². The third-order valence-electron chi connectivity index (χ3n) is 3.56. The molecule has 0 radical (unpaired) electrons. The molecular formula is C15H21NO3S. The molecule has 20 heavy (non-hydrogen) atoms. The Labute approximate surface area is 124 Å². The zero-order chi connectivity index (χ0) is 14.5. The van der Waals surface area contributed by atoms with Gasteiger partial charge in [0.15, 0.2) is 0 Å². The first-order chi connectivity index (χ1) is 9.67. The minimum atomic E-state index is -0.858. The van der Waals surface area contributed by atoms with Crippen molar-refractivity contribution in [3.63, 3.8) is 0 Å². The number of piperidine rings is 1. The highest BCUT2D eigenvalue weighted by Crippen LogP contribution is 2.31. The number of anilines is 1. The fourth-order valence-corrected chi connectivity index (χ4v) is 3.31. The average Bonchev–Trinajstić information content (AvgIpc) is 2.47. The van der Waals surface area contributed by atoms with Gasteiger partial charge in [-0.25, -0.2) is 4.79 Å². The van der Waals surface area contributed by atoms with Gasteiger partial charge in [-0.05, 0) is 38.2 Å². The van der Waals surface area contributed by atoms with E-state index in [-0.39, 0.29) is 6.10 Å². The lowest BCUT2D eigenvalue weighted by Gasteiger charge is -2.35. The second kappa shape index (κ2) is 6.99. The maximum atomic E-state index is 11.6. The van der Waals surface area contributed by atoms with Crippen LogP contribution < -0.4 is 4.90 Å². The molecule has 4 nitrogen and oxygen atoms in total. The van der Waals surface area contributed by atoms with Gasteiger partial charge in [-0.1, -0.05) is 6.07 Å². The van der Waals surface area contributed by atoms with Gasteiger partial charge in [-0.3, -0.25) is 0 Å². The van der Waals surface area contributed by atoms with Gasteiger partial charge in [0.1, 0.15) is 0 Å². The van der Waals surface area contributed by atoms with E-state index in [1.54, 1.807) is 0 Å². The molecule has 1 fully saturated rings. The van der Waals surface area contributed by atoms with Crippen molar-refractivity contribution >= 4 is 23.4 Å². The summed E-state index contributed by atoms with van der Waals surface area (Å²) in [5, 5.41) is 9.51. The first kappa shape index (κ1) is 15.2. The van der Waals surface area contributed by atoms with Crippen LogP contribution in [0.3, 0.4) is 0 Å².